The van der Waals surface area contributed by atoms with Gasteiger partial charge in [0.15, 0.2) is 0 Å². The molecule has 0 saturated heterocycles. The van der Waals surface area contributed by atoms with Crippen molar-refractivity contribution in [2.45, 2.75) is 26.4 Å². The summed E-state index contributed by atoms with van der Waals surface area (Å²) in [4.78, 5) is 12.9. The Morgan fingerprint density at radius 1 is 0.944 bits per heavy atom. The van der Waals surface area contributed by atoms with Gasteiger partial charge in [0.05, 0.1) is 45.4 Å². The molecule has 3 aromatic rings. The molecular formula is C27H32N2O6S. The van der Waals surface area contributed by atoms with Crippen molar-refractivity contribution in [3.8, 4) is 17.2 Å². The van der Waals surface area contributed by atoms with Crippen molar-refractivity contribution in [3.63, 3.8) is 0 Å². The van der Waals surface area contributed by atoms with E-state index >= 15 is 0 Å². The molecule has 1 amide bonds. The number of amides is 1. The Hall–Kier alpha value is -3.72. The molecule has 1 unspecified atom stereocenters. The monoisotopic (exact) mass is 512 g/mol. The molecule has 3 aromatic carbocycles. The van der Waals surface area contributed by atoms with Gasteiger partial charge in [0.2, 0.25) is 10.0 Å². The van der Waals surface area contributed by atoms with Crippen molar-refractivity contribution in [1.82, 2.24) is 5.32 Å². The topological polar surface area (TPSA) is 94.2 Å². The van der Waals surface area contributed by atoms with Crippen LogP contribution in [0.4, 0.5) is 5.69 Å². The van der Waals surface area contributed by atoms with E-state index in [1.54, 1.807) is 74.9 Å². The van der Waals surface area contributed by atoms with Gasteiger partial charge in [0.25, 0.3) is 5.91 Å². The molecule has 0 spiro atoms. The van der Waals surface area contributed by atoms with E-state index in [0.717, 1.165) is 11.1 Å². The Morgan fingerprint density at radius 2 is 1.58 bits per heavy atom. The summed E-state index contributed by atoms with van der Waals surface area (Å²) < 4.78 is 42.4. The first-order chi connectivity index (χ1) is 17.2. The van der Waals surface area contributed by atoms with Crippen LogP contribution in [-0.2, 0) is 16.6 Å². The second kappa shape index (κ2) is 11.8. The number of hydrogen-bond acceptors (Lipinski definition) is 6. The van der Waals surface area contributed by atoms with Gasteiger partial charge in [-0.05, 0) is 74.0 Å². The molecule has 0 aliphatic carbocycles. The highest BCUT2D eigenvalue weighted by Gasteiger charge is 2.19. The number of hydrogen-bond donors (Lipinski definition) is 1. The summed E-state index contributed by atoms with van der Waals surface area (Å²) in [5, 5.41) is 2.97. The quantitative estimate of drug-likeness (QED) is 0.405. The molecule has 0 aromatic heterocycles. The molecule has 36 heavy (non-hydrogen) atoms. The Labute approximate surface area is 212 Å². The van der Waals surface area contributed by atoms with Crippen LogP contribution in [-0.4, -0.2) is 41.4 Å². The lowest BCUT2D eigenvalue weighted by Crippen LogP contribution is -2.29. The first kappa shape index (κ1) is 26.9. The van der Waals surface area contributed by atoms with Gasteiger partial charge in [-0.25, -0.2) is 8.42 Å². The molecule has 0 saturated carbocycles. The normalized spacial score (nSPS) is 11.9. The van der Waals surface area contributed by atoms with Crippen LogP contribution >= 0.6 is 0 Å². The number of sulfonamides is 1. The molecule has 0 radical (unpaired) electrons. The highest BCUT2D eigenvalue weighted by molar-refractivity contribution is 7.92. The van der Waals surface area contributed by atoms with Crippen LogP contribution in [0, 0.1) is 0 Å². The maximum absolute atomic E-state index is 12.9. The fourth-order valence-corrected chi connectivity index (χ4v) is 4.63. The molecule has 0 bridgehead atoms. The molecule has 3 rings (SSSR count). The van der Waals surface area contributed by atoms with Gasteiger partial charge in [-0.3, -0.25) is 9.10 Å². The minimum atomic E-state index is -3.54. The number of methoxy groups -OCH3 is 2. The summed E-state index contributed by atoms with van der Waals surface area (Å²) >= 11 is 0. The van der Waals surface area contributed by atoms with Crippen molar-refractivity contribution in [3.05, 3.63) is 83.4 Å². The smallest absolute Gasteiger partial charge is 0.251 e. The van der Waals surface area contributed by atoms with E-state index in [4.69, 9.17) is 14.2 Å². The summed E-state index contributed by atoms with van der Waals surface area (Å²) in [6.07, 6.45) is 1.17. The van der Waals surface area contributed by atoms with Crippen LogP contribution < -0.4 is 23.8 Å². The van der Waals surface area contributed by atoms with E-state index in [0.29, 0.717) is 35.1 Å². The average molecular weight is 513 g/mol. The minimum absolute atomic E-state index is 0.131. The Kier molecular flexibility index (Phi) is 8.82. The maximum Gasteiger partial charge on any atom is 0.251 e. The molecule has 1 N–H and O–H groups in total. The van der Waals surface area contributed by atoms with Crippen LogP contribution in [0.5, 0.6) is 17.2 Å². The van der Waals surface area contributed by atoms with E-state index in [1.165, 1.54) is 10.6 Å². The molecule has 0 heterocycles. The lowest BCUT2D eigenvalue weighted by Gasteiger charge is -2.23. The van der Waals surface area contributed by atoms with Gasteiger partial charge in [-0.2, -0.15) is 0 Å². The van der Waals surface area contributed by atoms with Crippen LogP contribution in [0.25, 0.3) is 0 Å². The zero-order chi connectivity index (χ0) is 26.3. The highest BCUT2D eigenvalue weighted by atomic mass is 32.2. The second-order valence-electron chi connectivity index (χ2n) is 8.20. The molecule has 0 aliphatic rings. The van der Waals surface area contributed by atoms with Crippen LogP contribution in [0.2, 0.25) is 0 Å². The summed E-state index contributed by atoms with van der Waals surface area (Å²) in [6, 6.07) is 18.8. The van der Waals surface area contributed by atoms with Crippen LogP contribution in [0.3, 0.4) is 0 Å². The van der Waals surface area contributed by atoms with Crippen molar-refractivity contribution in [1.29, 1.82) is 0 Å². The zero-order valence-corrected chi connectivity index (χ0v) is 22.0. The molecule has 192 valence electrons. The Balaban J connectivity index is 1.73. The van der Waals surface area contributed by atoms with Crippen molar-refractivity contribution < 1.29 is 27.4 Å². The standard InChI is InChI=1S/C27H32N2O6S/c1-6-35-23-13-11-22(12-14-23)29(36(5,31)32)18-20-7-9-21(10-8-20)27(30)28-19(2)25-17-24(33-3)15-16-26(25)34-4/h7-17,19H,6,18H2,1-5H3,(H,28,30). The van der Waals surface area contributed by atoms with E-state index in [1.807, 2.05) is 19.9 Å². The maximum atomic E-state index is 12.9. The molecule has 0 fully saturated rings. The average Bonchev–Trinajstić information content (AvgIpc) is 2.87. The molecular weight excluding hydrogens is 480 g/mol. The Morgan fingerprint density at radius 3 is 2.14 bits per heavy atom. The number of carbonyl (C=O) groups is 1. The van der Waals surface area contributed by atoms with Crippen LogP contribution in [0.15, 0.2) is 66.7 Å². The highest BCUT2D eigenvalue weighted by Crippen LogP contribution is 2.29. The van der Waals surface area contributed by atoms with Gasteiger partial charge in [0, 0.05) is 11.1 Å². The molecule has 8 nitrogen and oxygen atoms in total. The lowest BCUT2D eigenvalue weighted by molar-refractivity contribution is 0.0939. The Bertz CT molecular complexity index is 1270. The van der Waals surface area contributed by atoms with Crippen LogP contribution in [0.1, 0.15) is 41.4 Å². The number of ether oxygens (including phenoxy) is 3. The lowest BCUT2D eigenvalue weighted by atomic mass is 10.1. The second-order valence-corrected chi connectivity index (χ2v) is 10.1. The van der Waals surface area contributed by atoms with Gasteiger partial charge in [0.1, 0.15) is 17.2 Å². The van der Waals surface area contributed by atoms with Crippen molar-refractivity contribution in [2.75, 3.05) is 31.4 Å². The third-order valence-electron chi connectivity index (χ3n) is 5.63. The first-order valence-corrected chi connectivity index (χ1v) is 13.3. The summed E-state index contributed by atoms with van der Waals surface area (Å²) in [5.74, 6) is 1.73. The van der Waals surface area contributed by atoms with E-state index < -0.39 is 10.0 Å². The van der Waals surface area contributed by atoms with E-state index in [-0.39, 0.29) is 18.5 Å². The van der Waals surface area contributed by atoms with Crippen molar-refractivity contribution >= 4 is 21.6 Å². The molecule has 0 aliphatic heterocycles. The molecule has 1 atom stereocenters. The van der Waals surface area contributed by atoms with Gasteiger partial charge in [-0.1, -0.05) is 12.1 Å². The molecule has 9 heteroatoms. The minimum Gasteiger partial charge on any atom is -0.497 e. The fourth-order valence-electron chi connectivity index (χ4n) is 3.74. The SMILES string of the molecule is CCOc1ccc(N(Cc2ccc(C(=O)NC(C)c3cc(OC)ccc3OC)cc2)S(C)(=O)=O)cc1. The van der Waals surface area contributed by atoms with E-state index in [2.05, 4.69) is 5.32 Å². The zero-order valence-electron chi connectivity index (χ0n) is 21.1. The number of nitrogens with one attached hydrogen (secondary N) is 1. The number of carbonyl (C=O) groups excluding carboxylic acids is 1. The fraction of sp³-hybridized carbons (Fsp3) is 0.296. The number of anilines is 1. The van der Waals surface area contributed by atoms with Gasteiger partial charge in [-0.15, -0.1) is 0 Å². The third kappa shape index (κ3) is 6.69. The number of benzene rings is 3. The number of nitrogens with zero attached hydrogens (tertiary/aromatic N) is 1. The summed E-state index contributed by atoms with van der Waals surface area (Å²) in [5.41, 5.74) is 2.53. The van der Waals surface area contributed by atoms with Gasteiger partial charge < -0.3 is 19.5 Å². The summed E-state index contributed by atoms with van der Waals surface area (Å²) in [7, 11) is -0.380. The summed E-state index contributed by atoms with van der Waals surface area (Å²) in [6.45, 7) is 4.41. The predicted octanol–water partition coefficient (Wildman–Crippen LogP) is 4.56. The van der Waals surface area contributed by atoms with E-state index in [9.17, 15) is 13.2 Å². The number of rotatable bonds is 11. The predicted molar refractivity (Wildman–Crippen MR) is 141 cm³/mol. The van der Waals surface area contributed by atoms with Gasteiger partial charge >= 0.3 is 0 Å². The van der Waals surface area contributed by atoms with Crippen molar-refractivity contribution in [2.24, 2.45) is 0 Å². The largest absolute Gasteiger partial charge is 0.497 e. The third-order valence-corrected chi connectivity index (χ3v) is 6.77. The first-order valence-electron chi connectivity index (χ1n) is 11.5.